The fourth-order valence-electron chi connectivity index (χ4n) is 13.3. The molecule has 0 heterocycles. The van der Waals surface area contributed by atoms with Crippen LogP contribution < -0.4 is 4.90 Å². The van der Waals surface area contributed by atoms with Crippen LogP contribution in [0, 0.1) is 0 Å². The minimum absolute atomic E-state index is 0.0224. The van der Waals surface area contributed by atoms with Crippen LogP contribution in [-0.4, -0.2) is 0 Å². The van der Waals surface area contributed by atoms with Crippen molar-refractivity contribution in [2.75, 3.05) is 4.90 Å². The molecule has 0 atom stereocenters. The summed E-state index contributed by atoms with van der Waals surface area (Å²) in [6.07, 6.45) is 4.61. The Kier molecular flexibility index (Phi) is 10.8. The van der Waals surface area contributed by atoms with Gasteiger partial charge in [0.2, 0.25) is 0 Å². The van der Waals surface area contributed by atoms with E-state index < -0.39 is 5.41 Å². The summed E-state index contributed by atoms with van der Waals surface area (Å²) >= 11 is 0. The number of benzene rings is 9. The molecule has 0 fully saturated rings. The third kappa shape index (κ3) is 7.33. The molecule has 0 saturated heterocycles. The molecule has 0 amide bonds. The second-order valence-electron chi connectivity index (χ2n) is 23.8. The van der Waals surface area contributed by atoms with Crippen molar-refractivity contribution < 1.29 is 0 Å². The van der Waals surface area contributed by atoms with Crippen molar-refractivity contribution in [2.24, 2.45) is 0 Å². The van der Waals surface area contributed by atoms with Gasteiger partial charge in [-0.3, -0.25) is 0 Å². The summed E-state index contributed by atoms with van der Waals surface area (Å²) < 4.78 is 0. The second kappa shape index (κ2) is 17.0. The van der Waals surface area contributed by atoms with Gasteiger partial charge in [-0.25, -0.2) is 0 Å². The molecule has 0 unspecified atom stereocenters. The minimum Gasteiger partial charge on any atom is -0.310 e. The first-order chi connectivity index (χ1) is 34.7. The van der Waals surface area contributed by atoms with Crippen molar-refractivity contribution in [1.29, 1.82) is 0 Å². The highest BCUT2D eigenvalue weighted by Crippen LogP contribution is 2.60. The van der Waals surface area contributed by atoms with Crippen LogP contribution in [0.4, 0.5) is 17.1 Å². The number of hydrogen-bond donors (Lipinski definition) is 0. The minimum atomic E-state index is -0.567. The number of anilines is 3. The molecule has 72 heavy (non-hydrogen) atoms. The fourth-order valence-corrected chi connectivity index (χ4v) is 13.3. The van der Waals surface area contributed by atoms with Gasteiger partial charge in [-0.2, -0.15) is 0 Å². The Hall–Kier alpha value is -7.22. The highest BCUT2D eigenvalue weighted by Gasteiger charge is 2.48. The molecule has 1 heteroatoms. The predicted molar refractivity (Wildman–Crippen MR) is 305 cm³/mol. The Morgan fingerprint density at radius 3 is 1.36 bits per heavy atom. The lowest BCUT2D eigenvalue weighted by Crippen LogP contribution is -2.34. The lowest BCUT2D eigenvalue weighted by atomic mass is 9.61. The van der Waals surface area contributed by atoms with E-state index in [1.807, 2.05) is 0 Å². The lowest BCUT2D eigenvalue weighted by Gasteiger charge is -2.44. The van der Waals surface area contributed by atoms with Gasteiger partial charge in [-0.05, 0) is 167 Å². The molecule has 9 aromatic carbocycles. The molecule has 0 saturated carbocycles. The zero-order valence-electron chi connectivity index (χ0n) is 43.5. The molecule has 3 aliphatic carbocycles. The van der Waals surface area contributed by atoms with E-state index in [2.05, 4.69) is 273 Å². The van der Waals surface area contributed by atoms with Gasteiger partial charge in [-0.1, -0.05) is 231 Å². The first-order valence-electron chi connectivity index (χ1n) is 26.4. The van der Waals surface area contributed by atoms with E-state index in [1.54, 1.807) is 0 Å². The van der Waals surface area contributed by atoms with E-state index in [0.717, 1.165) is 24.9 Å². The van der Waals surface area contributed by atoms with Crippen LogP contribution in [0.25, 0.3) is 44.5 Å². The van der Waals surface area contributed by atoms with Crippen LogP contribution in [0.2, 0.25) is 0 Å². The van der Waals surface area contributed by atoms with Crippen molar-refractivity contribution in [3.8, 4) is 44.5 Å². The SMILES string of the molecule is CC1(C)CCC(C)(C)c2cc(N(c3ccc(-c4ccc(-c5ccccc5)cc4)cc3)c3cc4c(cc3-c3cccc5c3C(C)(C)CCC5(C)C)-c3ccccc3C4(c3ccccc3)c3ccccc3)ccc21. The average molecular weight is 934 g/mol. The van der Waals surface area contributed by atoms with E-state index >= 15 is 0 Å². The van der Waals surface area contributed by atoms with Crippen molar-refractivity contribution in [3.63, 3.8) is 0 Å². The Morgan fingerprint density at radius 1 is 0.292 bits per heavy atom. The quantitative estimate of drug-likeness (QED) is 0.147. The summed E-state index contributed by atoms with van der Waals surface area (Å²) in [6.45, 7) is 19.7. The second-order valence-corrected chi connectivity index (χ2v) is 23.8. The van der Waals surface area contributed by atoms with Crippen molar-refractivity contribution >= 4 is 17.1 Å². The van der Waals surface area contributed by atoms with Crippen LogP contribution in [0.5, 0.6) is 0 Å². The highest BCUT2D eigenvalue weighted by molar-refractivity contribution is 5.98. The molecule has 9 aromatic rings. The largest absolute Gasteiger partial charge is 0.310 e. The van der Waals surface area contributed by atoms with Gasteiger partial charge in [-0.15, -0.1) is 0 Å². The number of rotatable bonds is 8. The van der Waals surface area contributed by atoms with Crippen LogP contribution in [0.1, 0.15) is 126 Å². The fraction of sp³-hybridized carbons (Fsp3) is 0.239. The van der Waals surface area contributed by atoms with Gasteiger partial charge in [0.25, 0.3) is 0 Å². The summed E-state index contributed by atoms with van der Waals surface area (Å²) in [4.78, 5) is 2.62. The molecule has 0 bridgehead atoms. The summed E-state index contributed by atoms with van der Waals surface area (Å²) in [5.41, 5.74) is 24.2. The van der Waals surface area contributed by atoms with Gasteiger partial charge in [0.05, 0.1) is 11.1 Å². The van der Waals surface area contributed by atoms with Crippen molar-refractivity contribution in [1.82, 2.24) is 0 Å². The maximum absolute atomic E-state index is 2.62. The van der Waals surface area contributed by atoms with E-state index in [4.69, 9.17) is 0 Å². The van der Waals surface area contributed by atoms with Gasteiger partial charge in [0, 0.05) is 16.9 Å². The third-order valence-corrected chi connectivity index (χ3v) is 17.5. The molecule has 12 rings (SSSR count). The number of fused-ring (bicyclic) bond motifs is 5. The van der Waals surface area contributed by atoms with Gasteiger partial charge in [0.15, 0.2) is 0 Å². The van der Waals surface area contributed by atoms with Crippen LogP contribution in [0.15, 0.2) is 212 Å². The van der Waals surface area contributed by atoms with E-state index in [1.165, 1.54) is 107 Å². The van der Waals surface area contributed by atoms with Gasteiger partial charge < -0.3 is 4.90 Å². The van der Waals surface area contributed by atoms with Crippen LogP contribution in [-0.2, 0) is 27.1 Å². The normalized spacial score (nSPS) is 17.2. The summed E-state index contributed by atoms with van der Waals surface area (Å²) in [5.74, 6) is 0. The summed E-state index contributed by atoms with van der Waals surface area (Å²) in [5, 5.41) is 0. The van der Waals surface area contributed by atoms with Crippen LogP contribution in [0.3, 0.4) is 0 Å². The zero-order chi connectivity index (χ0) is 49.6. The Bertz CT molecular complexity index is 3440. The maximum atomic E-state index is 2.62. The molecular weight excluding hydrogens is 867 g/mol. The van der Waals surface area contributed by atoms with Crippen molar-refractivity contribution in [3.05, 3.63) is 257 Å². The molecular formula is C71H67N. The molecule has 0 radical (unpaired) electrons. The molecule has 0 aromatic heterocycles. The van der Waals surface area contributed by atoms with Gasteiger partial charge >= 0.3 is 0 Å². The first kappa shape index (κ1) is 45.9. The first-order valence-corrected chi connectivity index (χ1v) is 26.4. The Morgan fingerprint density at radius 2 is 0.750 bits per heavy atom. The zero-order valence-corrected chi connectivity index (χ0v) is 43.5. The van der Waals surface area contributed by atoms with Crippen LogP contribution >= 0.6 is 0 Å². The monoisotopic (exact) mass is 934 g/mol. The number of hydrogen-bond acceptors (Lipinski definition) is 1. The molecule has 0 spiro atoms. The molecule has 0 aliphatic heterocycles. The van der Waals surface area contributed by atoms with Gasteiger partial charge in [0.1, 0.15) is 0 Å². The summed E-state index contributed by atoms with van der Waals surface area (Å²) in [6, 6.07) is 80.8. The highest BCUT2D eigenvalue weighted by atomic mass is 15.1. The van der Waals surface area contributed by atoms with E-state index in [0.29, 0.717) is 0 Å². The molecule has 1 nitrogen and oxygen atoms in total. The lowest BCUT2D eigenvalue weighted by molar-refractivity contribution is 0.332. The molecule has 0 N–H and O–H groups in total. The number of nitrogens with zero attached hydrogens (tertiary/aromatic N) is 1. The third-order valence-electron chi connectivity index (χ3n) is 17.5. The topological polar surface area (TPSA) is 3.24 Å². The average Bonchev–Trinajstić information content (AvgIpc) is 3.70. The predicted octanol–water partition coefficient (Wildman–Crippen LogP) is 19.2. The smallest absolute Gasteiger partial charge is 0.0714 e. The standard InChI is InChI=1S/C71H67N/c1-67(2)41-42-69(5,6)64-45-55(39-40-61(64)67)72(54-37-35-51(36-38-54)50-33-31-49(32-34-50)48-21-12-9-13-22-48)65-47-63-58(46-59(65)57-28-20-30-62-66(57)70(7,8)44-43-68(62,3)4)56-27-18-19-29-60(56)71(63,52-23-14-10-15-24-52)53-25-16-11-17-26-53/h9-40,45-47H,41-44H2,1-8H3. The molecule has 356 valence electrons. The summed E-state index contributed by atoms with van der Waals surface area (Å²) in [7, 11) is 0. The Balaban J connectivity index is 1.17. The molecule has 3 aliphatic rings. The van der Waals surface area contributed by atoms with E-state index in [-0.39, 0.29) is 21.7 Å². The van der Waals surface area contributed by atoms with Crippen molar-refractivity contribution in [2.45, 2.75) is 108 Å². The van der Waals surface area contributed by atoms with E-state index in [9.17, 15) is 0 Å². The Labute approximate surface area is 429 Å². The maximum Gasteiger partial charge on any atom is 0.0714 e.